The average molecular weight is 348 g/mol. The van der Waals surface area contributed by atoms with Gasteiger partial charge in [0.25, 0.3) is 0 Å². The van der Waals surface area contributed by atoms with E-state index in [4.69, 9.17) is 9.05 Å². The van der Waals surface area contributed by atoms with Gasteiger partial charge in [-0.2, -0.15) is 0 Å². The Labute approximate surface area is 143 Å². The van der Waals surface area contributed by atoms with Crippen LogP contribution >= 0.6 is 7.82 Å². The Hall–Kier alpha value is 0.110. The molecule has 0 saturated heterocycles. The number of hydrogen-bond acceptors (Lipinski definition) is 3. The number of phosphoric ester groups is 1. The predicted octanol–water partition coefficient (Wildman–Crippen LogP) is 5.80. The lowest BCUT2D eigenvalue weighted by atomic mass is 9.75. The van der Waals surface area contributed by atoms with Crippen LogP contribution in [0.15, 0.2) is 0 Å². The summed E-state index contributed by atoms with van der Waals surface area (Å²) in [6.07, 6.45) is 7.21. The average Bonchev–Trinajstić information content (AvgIpc) is 2.46. The van der Waals surface area contributed by atoms with E-state index in [2.05, 4.69) is 34.6 Å². The fourth-order valence-corrected chi connectivity index (χ4v) is 4.58. The van der Waals surface area contributed by atoms with Crippen molar-refractivity contribution in [2.45, 2.75) is 85.7 Å². The van der Waals surface area contributed by atoms with Crippen LogP contribution in [0.2, 0.25) is 0 Å². The van der Waals surface area contributed by atoms with Crippen molar-refractivity contribution in [1.82, 2.24) is 0 Å². The van der Waals surface area contributed by atoms with Gasteiger partial charge in [0.05, 0.1) is 12.7 Å². The summed E-state index contributed by atoms with van der Waals surface area (Å²) in [6, 6.07) is 0. The number of rotatable bonds is 10. The maximum atomic E-state index is 12.4. The Bertz CT molecular complexity index is 372. The van der Waals surface area contributed by atoms with E-state index in [1.54, 1.807) is 0 Å². The Kier molecular flexibility index (Phi) is 9.36. The SMILES string of the molecule is CCCCC(CC)COP(=O)(O)OC1CC(C)CCC1C(C)C. The molecule has 5 atom stereocenters. The minimum Gasteiger partial charge on any atom is -0.302 e. The van der Waals surface area contributed by atoms with Crippen molar-refractivity contribution in [3.05, 3.63) is 0 Å². The van der Waals surface area contributed by atoms with Crippen LogP contribution in [0.25, 0.3) is 0 Å². The summed E-state index contributed by atoms with van der Waals surface area (Å²) in [5.74, 6) is 1.69. The van der Waals surface area contributed by atoms with E-state index >= 15 is 0 Å². The Morgan fingerprint density at radius 3 is 2.52 bits per heavy atom. The molecule has 1 N–H and O–H groups in total. The summed E-state index contributed by atoms with van der Waals surface area (Å²) in [6.45, 7) is 11.1. The molecule has 0 aliphatic heterocycles. The molecule has 5 heteroatoms. The highest BCUT2D eigenvalue weighted by atomic mass is 31.2. The molecule has 0 bridgehead atoms. The first kappa shape index (κ1) is 21.2. The summed E-state index contributed by atoms with van der Waals surface area (Å²) >= 11 is 0. The van der Waals surface area contributed by atoms with Gasteiger partial charge in [-0.25, -0.2) is 4.57 Å². The van der Waals surface area contributed by atoms with E-state index in [9.17, 15) is 9.46 Å². The standard InChI is InChI=1S/C18H37O4P/c1-6-8-9-16(7-2)13-21-23(19,20)22-18-12-15(5)10-11-17(18)14(3)4/h14-18H,6-13H2,1-5H3,(H,19,20). The van der Waals surface area contributed by atoms with Crippen molar-refractivity contribution >= 4 is 7.82 Å². The molecule has 1 fully saturated rings. The van der Waals surface area contributed by atoms with Crippen molar-refractivity contribution in [1.29, 1.82) is 0 Å². The van der Waals surface area contributed by atoms with Gasteiger partial charge in [0.1, 0.15) is 0 Å². The van der Waals surface area contributed by atoms with Gasteiger partial charge in [-0.3, -0.25) is 9.05 Å². The molecule has 1 saturated carbocycles. The van der Waals surface area contributed by atoms with Crippen LogP contribution < -0.4 is 0 Å². The lowest BCUT2D eigenvalue weighted by Crippen LogP contribution is -2.33. The molecule has 1 aliphatic rings. The highest BCUT2D eigenvalue weighted by Gasteiger charge is 2.37. The van der Waals surface area contributed by atoms with Crippen LogP contribution in [0, 0.1) is 23.7 Å². The third kappa shape index (κ3) is 7.69. The molecule has 0 radical (unpaired) electrons. The van der Waals surface area contributed by atoms with Crippen molar-refractivity contribution in [3.8, 4) is 0 Å². The van der Waals surface area contributed by atoms with Crippen LogP contribution in [0.5, 0.6) is 0 Å². The van der Waals surface area contributed by atoms with Crippen molar-refractivity contribution in [2.75, 3.05) is 6.61 Å². The van der Waals surface area contributed by atoms with E-state index < -0.39 is 7.82 Å². The van der Waals surface area contributed by atoms with E-state index in [0.29, 0.717) is 30.3 Å². The first-order valence-corrected chi connectivity index (χ1v) is 10.9. The van der Waals surface area contributed by atoms with Crippen LogP contribution in [-0.2, 0) is 13.6 Å². The molecule has 1 aliphatic carbocycles. The van der Waals surface area contributed by atoms with Gasteiger partial charge in [-0.1, -0.05) is 60.3 Å². The normalized spacial score (nSPS) is 29.4. The second-order valence-corrected chi connectivity index (χ2v) is 9.06. The quantitative estimate of drug-likeness (QED) is 0.507. The number of hydrogen-bond donors (Lipinski definition) is 1. The van der Waals surface area contributed by atoms with E-state index in [-0.39, 0.29) is 6.10 Å². The molecule has 4 nitrogen and oxygen atoms in total. The first-order chi connectivity index (χ1) is 10.8. The topological polar surface area (TPSA) is 55.8 Å². The summed E-state index contributed by atoms with van der Waals surface area (Å²) in [5, 5.41) is 0. The van der Waals surface area contributed by atoms with Gasteiger partial charge >= 0.3 is 7.82 Å². The molecule has 0 amide bonds. The molecule has 138 valence electrons. The lowest BCUT2D eigenvalue weighted by molar-refractivity contribution is 0.0110. The van der Waals surface area contributed by atoms with Gasteiger partial charge in [0.2, 0.25) is 0 Å². The highest BCUT2D eigenvalue weighted by molar-refractivity contribution is 7.47. The first-order valence-electron chi connectivity index (χ1n) is 9.44. The minimum absolute atomic E-state index is 0.162. The Balaban J connectivity index is 2.55. The predicted molar refractivity (Wildman–Crippen MR) is 95.3 cm³/mol. The molecular formula is C18H37O4P. The van der Waals surface area contributed by atoms with E-state index in [1.165, 1.54) is 6.42 Å². The van der Waals surface area contributed by atoms with Crippen LogP contribution in [-0.4, -0.2) is 17.6 Å². The molecule has 0 spiro atoms. The fraction of sp³-hybridized carbons (Fsp3) is 1.00. The summed E-state index contributed by atoms with van der Waals surface area (Å²) < 4.78 is 23.3. The summed E-state index contributed by atoms with van der Waals surface area (Å²) in [7, 11) is -3.96. The van der Waals surface area contributed by atoms with Gasteiger partial charge in [-0.15, -0.1) is 0 Å². The summed E-state index contributed by atoms with van der Waals surface area (Å²) in [5.41, 5.74) is 0. The van der Waals surface area contributed by atoms with Crippen molar-refractivity contribution in [3.63, 3.8) is 0 Å². The molecule has 0 heterocycles. The molecule has 0 aromatic rings. The number of unbranched alkanes of at least 4 members (excludes halogenated alkanes) is 1. The van der Waals surface area contributed by atoms with Crippen LogP contribution in [0.1, 0.15) is 79.6 Å². The summed E-state index contributed by atoms with van der Waals surface area (Å²) in [4.78, 5) is 10.1. The molecular weight excluding hydrogens is 311 g/mol. The zero-order valence-corrected chi connectivity index (χ0v) is 16.6. The van der Waals surface area contributed by atoms with Crippen LogP contribution in [0.3, 0.4) is 0 Å². The van der Waals surface area contributed by atoms with Crippen molar-refractivity contribution < 1.29 is 18.5 Å². The third-order valence-corrected chi connectivity index (χ3v) is 6.26. The second kappa shape index (κ2) is 10.2. The zero-order chi connectivity index (χ0) is 17.5. The van der Waals surface area contributed by atoms with Gasteiger partial charge in [0.15, 0.2) is 0 Å². The zero-order valence-electron chi connectivity index (χ0n) is 15.7. The van der Waals surface area contributed by atoms with Gasteiger partial charge in [-0.05, 0) is 42.9 Å². The fourth-order valence-electron chi connectivity index (χ4n) is 3.54. The molecule has 23 heavy (non-hydrogen) atoms. The molecule has 1 rings (SSSR count). The Morgan fingerprint density at radius 2 is 1.96 bits per heavy atom. The molecule has 0 aromatic carbocycles. The monoisotopic (exact) mass is 348 g/mol. The van der Waals surface area contributed by atoms with E-state index in [1.807, 2.05) is 0 Å². The van der Waals surface area contributed by atoms with E-state index in [0.717, 1.165) is 38.5 Å². The third-order valence-electron chi connectivity index (χ3n) is 5.25. The van der Waals surface area contributed by atoms with Gasteiger partial charge < -0.3 is 4.89 Å². The largest absolute Gasteiger partial charge is 0.472 e. The highest BCUT2D eigenvalue weighted by Crippen LogP contribution is 2.50. The minimum atomic E-state index is -3.96. The smallest absolute Gasteiger partial charge is 0.302 e. The number of phosphoric acid groups is 1. The molecule has 0 aromatic heterocycles. The van der Waals surface area contributed by atoms with Crippen LogP contribution in [0.4, 0.5) is 0 Å². The van der Waals surface area contributed by atoms with Gasteiger partial charge in [0, 0.05) is 0 Å². The Morgan fingerprint density at radius 1 is 1.26 bits per heavy atom. The molecule has 5 unspecified atom stereocenters. The maximum Gasteiger partial charge on any atom is 0.472 e. The second-order valence-electron chi connectivity index (χ2n) is 7.65. The maximum absolute atomic E-state index is 12.4. The van der Waals surface area contributed by atoms with Crippen molar-refractivity contribution in [2.24, 2.45) is 23.7 Å². The lowest BCUT2D eigenvalue weighted by Gasteiger charge is -2.37.